The Labute approximate surface area is 102 Å². The second-order valence-electron chi connectivity index (χ2n) is 4.87. The minimum atomic E-state index is -0.604. The molecule has 2 atom stereocenters. The van der Waals surface area contributed by atoms with Crippen LogP contribution in [0.1, 0.15) is 34.6 Å². The van der Waals surface area contributed by atoms with Crippen LogP contribution in [0.5, 0.6) is 0 Å². The van der Waals surface area contributed by atoms with Gasteiger partial charge in [0.1, 0.15) is 11.6 Å². The van der Waals surface area contributed by atoms with E-state index in [-0.39, 0.29) is 0 Å². The van der Waals surface area contributed by atoms with Gasteiger partial charge in [-0.05, 0) is 34.2 Å². The Morgan fingerprint density at radius 1 is 1.35 bits per heavy atom. The first-order chi connectivity index (χ1) is 7.67. The first kappa shape index (κ1) is 15.7. The van der Waals surface area contributed by atoms with Crippen molar-refractivity contribution in [3.63, 3.8) is 0 Å². The van der Waals surface area contributed by atoms with Crippen LogP contribution in [0.3, 0.4) is 0 Å². The summed E-state index contributed by atoms with van der Waals surface area (Å²) < 4.78 is 5.09. The first-order valence-corrected chi connectivity index (χ1v) is 5.69. The smallest absolute Gasteiger partial charge is 0.407 e. The van der Waals surface area contributed by atoms with Crippen molar-refractivity contribution in [2.24, 2.45) is 5.73 Å². The van der Waals surface area contributed by atoms with Crippen LogP contribution in [-0.2, 0) is 9.53 Å². The highest BCUT2D eigenvalue weighted by atomic mass is 16.6. The maximum absolute atomic E-state index is 11.5. The molecule has 0 aromatic rings. The van der Waals surface area contributed by atoms with Gasteiger partial charge in [-0.15, -0.1) is 0 Å². The monoisotopic (exact) mass is 245 g/mol. The van der Waals surface area contributed by atoms with Gasteiger partial charge in [0.2, 0.25) is 5.91 Å². The summed E-state index contributed by atoms with van der Waals surface area (Å²) in [7, 11) is 0. The predicted molar refractivity (Wildman–Crippen MR) is 65.5 cm³/mol. The molecule has 0 aliphatic heterocycles. The van der Waals surface area contributed by atoms with Crippen molar-refractivity contribution in [1.29, 1.82) is 0 Å². The van der Waals surface area contributed by atoms with E-state index < -0.39 is 29.7 Å². The van der Waals surface area contributed by atoms with Gasteiger partial charge in [0.15, 0.2) is 0 Å². The predicted octanol–water partition coefficient (Wildman–Crippen LogP) is 0.363. The average molecular weight is 245 g/mol. The van der Waals surface area contributed by atoms with Gasteiger partial charge in [0, 0.05) is 0 Å². The van der Waals surface area contributed by atoms with E-state index in [1.165, 1.54) is 0 Å². The standard InChI is InChI=1S/C11H23N3O3/c1-6-13-8(9(12)15)7(2)14-10(16)17-11(3,4)5/h7-8,13H,6H2,1-5H3,(H2,12,15)(H,14,16). The third-order valence-electron chi connectivity index (χ3n) is 1.97. The van der Waals surface area contributed by atoms with E-state index in [0.29, 0.717) is 6.54 Å². The van der Waals surface area contributed by atoms with Crippen LogP contribution in [0, 0.1) is 0 Å². The lowest BCUT2D eigenvalue weighted by atomic mass is 10.1. The summed E-state index contributed by atoms with van der Waals surface area (Å²) in [6, 6.07) is -1.03. The van der Waals surface area contributed by atoms with Crippen LogP contribution >= 0.6 is 0 Å². The number of rotatable bonds is 5. The molecular formula is C11H23N3O3. The number of likely N-dealkylation sites (N-methyl/N-ethyl adjacent to an activating group) is 1. The van der Waals surface area contributed by atoms with Crippen molar-refractivity contribution >= 4 is 12.0 Å². The number of nitrogens with two attached hydrogens (primary N) is 1. The Hall–Kier alpha value is -1.30. The van der Waals surface area contributed by atoms with Crippen molar-refractivity contribution in [1.82, 2.24) is 10.6 Å². The number of alkyl carbamates (subject to hydrolysis) is 1. The molecule has 0 saturated heterocycles. The number of hydrogen-bond donors (Lipinski definition) is 3. The highest BCUT2D eigenvalue weighted by Crippen LogP contribution is 2.07. The molecule has 6 nitrogen and oxygen atoms in total. The summed E-state index contributed by atoms with van der Waals surface area (Å²) in [5.41, 5.74) is 4.67. The van der Waals surface area contributed by atoms with Gasteiger partial charge in [-0.2, -0.15) is 0 Å². The van der Waals surface area contributed by atoms with Gasteiger partial charge in [-0.3, -0.25) is 4.79 Å². The van der Waals surface area contributed by atoms with Crippen molar-refractivity contribution < 1.29 is 14.3 Å². The number of amides is 2. The Kier molecular flexibility index (Phi) is 5.95. The van der Waals surface area contributed by atoms with Gasteiger partial charge in [-0.25, -0.2) is 4.79 Å². The number of carbonyl (C=O) groups excluding carboxylic acids is 2. The van der Waals surface area contributed by atoms with Gasteiger partial charge in [-0.1, -0.05) is 6.92 Å². The zero-order valence-electron chi connectivity index (χ0n) is 11.2. The molecule has 0 aliphatic rings. The minimum Gasteiger partial charge on any atom is -0.444 e. The van der Waals surface area contributed by atoms with E-state index in [2.05, 4.69) is 10.6 Å². The first-order valence-electron chi connectivity index (χ1n) is 5.69. The van der Waals surface area contributed by atoms with Gasteiger partial charge < -0.3 is 21.1 Å². The fourth-order valence-electron chi connectivity index (χ4n) is 1.32. The number of hydrogen-bond acceptors (Lipinski definition) is 4. The van der Waals surface area contributed by atoms with Crippen molar-refractivity contribution in [2.45, 2.75) is 52.3 Å². The molecule has 6 heteroatoms. The maximum Gasteiger partial charge on any atom is 0.407 e. The zero-order chi connectivity index (χ0) is 13.6. The Morgan fingerprint density at radius 2 is 1.88 bits per heavy atom. The summed E-state index contributed by atoms with van der Waals surface area (Å²) in [5, 5.41) is 5.48. The number of nitrogens with one attached hydrogen (secondary N) is 2. The Bertz CT molecular complexity index is 274. The highest BCUT2D eigenvalue weighted by Gasteiger charge is 2.25. The van der Waals surface area contributed by atoms with E-state index in [9.17, 15) is 9.59 Å². The molecule has 0 aliphatic carbocycles. The van der Waals surface area contributed by atoms with Gasteiger partial charge >= 0.3 is 6.09 Å². The van der Waals surface area contributed by atoms with Crippen LogP contribution in [0.2, 0.25) is 0 Å². The van der Waals surface area contributed by atoms with Crippen LogP contribution in [0.4, 0.5) is 4.79 Å². The molecule has 100 valence electrons. The highest BCUT2D eigenvalue weighted by molar-refractivity contribution is 5.81. The van der Waals surface area contributed by atoms with Crippen molar-refractivity contribution in [2.75, 3.05) is 6.54 Å². The molecule has 17 heavy (non-hydrogen) atoms. The van der Waals surface area contributed by atoms with Gasteiger partial charge in [0.25, 0.3) is 0 Å². The summed E-state index contributed by atoms with van der Waals surface area (Å²) >= 11 is 0. The second-order valence-corrected chi connectivity index (χ2v) is 4.87. The van der Waals surface area contributed by atoms with Crippen LogP contribution in [0.15, 0.2) is 0 Å². The molecule has 2 amide bonds. The average Bonchev–Trinajstić information content (AvgIpc) is 2.09. The molecule has 0 fully saturated rings. The fourth-order valence-corrected chi connectivity index (χ4v) is 1.32. The summed E-state index contributed by atoms with van der Waals surface area (Å²) in [4.78, 5) is 22.7. The van der Waals surface area contributed by atoms with E-state index >= 15 is 0 Å². The quantitative estimate of drug-likeness (QED) is 0.652. The minimum absolute atomic E-state index is 0.428. The normalized spacial score (nSPS) is 14.9. The zero-order valence-corrected chi connectivity index (χ0v) is 11.2. The Morgan fingerprint density at radius 3 is 2.24 bits per heavy atom. The molecule has 0 bridgehead atoms. The molecule has 0 spiro atoms. The molecular weight excluding hydrogens is 222 g/mol. The second kappa shape index (κ2) is 6.44. The summed E-state index contributed by atoms with van der Waals surface area (Å²) in [6.45, 7) is 9.46. The molecule has 0 heterocycles. The van der Waals surface area contributed by atoms with E-state index in [1.807, 2.05) is 6.92 Å². The van der Waals surface area contributed by atoms with Crippen LogP contribution in [0.25, 0.3) is 0 Å². The van der Waals surface area contributed by atoms with Crippen molar-refractivity contribution in [3.8, 4) is 0 Å². The largest absolute Gasteiger partial charge is 0.444 e. The topological polar surface area (TPSA) is 93.5 Å². The van der Waals surface area contributed by atoms with E-state index in [4.69, 9.17) is 10.5 Å². The third kappa shape index (κ3) is 6.78. The molecule has 0 radical (unpaired) electrons. The number of ether oxygens (including phenoxy) is 1. The Balaban J connectivity index is 4.35. The van der Waals surface area contributed by atoms with Crippen molar-refractivity contribution in [3.05, 3.63) is 0 Å². The number of carbonyl (C=O) groups is 2. The summed E-state index contributed by atoms with van der Waals surface area (Å²) in [5.74, 6) is -0.504. The summed E-state index contributed by atoms with van der Waals surface area (Å²) in [6.07, 6.45) is -0.561. The van der Waals surface area contributed by atoms with Crippen LogP contribution < -0.4 is 16.4 Å². The fraction of sp³-hybridized carbons (Fsp3) is 0.818. The van der Waals surface area contributed by atoms with E-state index in [1.54, 1.807) is 27.7 Å². The lowest BCUT2D eigenvalue weighted by molar-refractivity contribution is -0.120. The lowest BCUT2D eigenvalue weighted by Gasteiger charge is -2.25. The van der Waals surface area contributed by atoms with Gasteiger partial charge in [0.05, 0.1) is 6.04 Å². The lowest BCUT2D eigenvalue weighted by Crippen LogP contribution is -2.55. The maximum atomic E-state index is 11.5. The molecule has 4 N–H and O–H groups in total. The molecule has 2 unspecified atom stereocenters. The molecule has 0 saturated carbocycles. The SMILES string of the molecule is CCNC(C(N)=O)C(C)NC(=O)OC(C)(C)C. The van der Waals surface area contributed by atoms with E-state index in [0.717, 1.165) is 0 Å². The molecule has 0 aromatic carbocycles. The molecule has 0 rings (SSSR count). The number of primary amides is 1. The third-order valence-corrected chi connectivity index (χ3v) is 1.97. The molecule has 0 aromatic heterocycles. The van der Waals surface area contributed by atoms with Crippen LogP contribution in [-0.4, -0.2) is 36.2 Å².